The summed E-state index contributed by atoms with van der Waals surface area (Å²) < 4.78 is 19.5. The minimum absolute atomic E-state index is 0.0915. The summed E-state index contributed by atoms with van der Waals surface area (Å²) in [4.78, 5) is 26.4. The number of carbonyl (C=O) groups is 1. The largest absolute Gasteiger partial charge is 0.492 e. The van der Waals surface area contributed by atoms with Crippen LogP contribution in [-0.2, 0) is 19.4 Å². The summed E-state index contributed by atoms with van der Waals surface area (Å²) in [5, 5.41) is 19.5. The lowest BCUT2D eigenvalue weighted by Crippen LogP contribution is -2.38. The Kier molecular flexibility index (Phi) is 8.10. The van der Waals surface area contributed by atoms with E-state index in [4.69, 9.17) is 4.74 Å². The van der Waals surface area contributed by atoms with Gasteiger partial charge in [-0.1, -0.05) is 6.07 Å². The molecule has 1 fully saturated rings. The Hall–Kier alpha value is -3.87. The molecule has 0 radical (unpaired) electrons. The van der Waals surface area contributed by atoms with Gasteiger partial charge >= 0.3 is 0 Å². The van der Waals surface area contributed by atoms with Gasteiger partial charge in [0.05, 0.1) is 24.9 Å². The predicted octanol–water partition coefficient (Wildman–Crippen LogP) is 4.06. The molecule has 0 saturated carbocycles. The van der Waals surface area contributed by atoms with Crippen LogP contribution in [0.5, 0.6) is 5.75 Å². The van der Waals surface area contributed by atoms with E-state index in [1.807, 2.05) is 19.9 Å². The molecule has 208 valence electrons. The lowest BCUT2D eigenvalue weighted by Gasteiger charge is -2.31. The number of amides is 1. The summed E-state index contributed by atoms with van der Waals surface area (Å²) in [7, 11) is 0. The van der Waals surface area contributed by atoms with Crippen LogP contribution < -0.4 is 4.74 Å². The second-order valence-corrected chi connectivity index (χ2v) is 10.5. The van der Waals surface area contributed by atoms with E-state index < -0.39 is 5.95 Å². The van der Waals surface area contributed by atoms with Gasteiger partial charge in [0.2, 0.25) is 5.95 Å². The third kappa shape index (κ3) is 5.55. The van der Waals surface area contributed by atoms with Crippen molar-refractivity contribution in [1.29, 1.82) is 5.26 Å². The van der Waals surface area contributed by atoms with Gasteiger partial charge in [0.25, 0.3) is 5.91 Å². The third-order valence-corrected chi connectivity index (χ3v) is 8.03. The van der Waals surface area contributed by atoms with Gasteiger partial charge in [-0.15, -0.1) is 0 Å². The number of aliphatic hydroxyl groups is 1. The SMILES string of the molecule is CCOc1cc(CN2CCc3c(cc(CCN4CCC(O)C4C)cc3-c3ccc(F)nc3C)C2=O)ncc1C#N. The molecule has 0 bridgehead atoms. The van der Waals surface area contributed by atoms with E-state index in [1.54, 1.807) is 24.0 Å². The molecule has 9 heteroatoms. The quantitative estimate of drug-likeness (QED) is 0.428. The first-order valence-electron chi connectivity index (χ1n) is 13.8. The lowest BCUT2D eigenvalue weighted by atomic mass is 9.87. The van der Waals surface area contributed by atoms with Crippen molar-refractivity contribution in [3.05, 3.63) is 76.1 Å². The van der Waals surface area contributed by atoms with Crippen molar-refractivity contribution in [3.8, 4) is 22.9 Å². The number of aromatic nitrogens is 2. The second-order valence-electron chi connectivity index (χ2n) is 10.5. The van der Waals surface area contributed by atoms with Gasteiger partial charge in [0.1, 0.15) is 17.4 Å². The normalized spacial score (nSPS) is 19.0. The number of halogens is 1. The Balaban J connectivity index is 1.47. The van der Waals surface area contributed by atoms with Crippen molar-refractivity contribution in [2.75, 3.05) is 26.2 Å². The van der Waals surface area contributed by atoms with Crippen LogP contribution in [0.3, 0.4) is 0 Å². The summed E-state index contributed by atoms with van der Waals surface area (Å²) >= 11 is 0. The molecular weight excluding hydrogens is 509 g/mol. The fraction of sp³-hybridized carbons (Fsp3) is 0.419. The highest BCUT2D eigenvalue weighted by Crippen LogP contribution is 2.34. The minimum Gasteiger partial charge on any atom is -0.492 e. The highest BCUT2D eigenvalue weighted by molar-refractivity contribution is 5.99. The molecule has 0 spiro atoms. The van der Waals surface area contributed by atoms with Gasteiger partial charge in [-0.25, -0.2) is 4.98 Å². The first-order chi connectivity index (χ1) is 19.3. The zero-order chi connectivity index (χ0) is 28.4. The molecule has 0 aliphatic carbocycles. The number of hydrogen-bond donors (Lipinski definition) is 1. The van der Waals surface area contributed by atoms with Crippen molar-refractivity contribution in [2.24, 2.45) is 0 Å². The first kappa shape index (κ1) is 27.7. The van der Waals surface area contributed by atoms with E-state index in [1.165, 1.54) is 12.3 Å². The molecule has 8 nitrogen and oxygen atoms in total. The summed E-state index contributed by atoms with van der Waals surface area (Å²) in [5.41, 5.74) is 5.90. The molecular formula is C31H34FN5O3. The van der Waals surface area contributed by atoms with E-state index >= 15 is 0 Å². The summed E-state index contributed by atoms with van der Waals surface area (Å²) in [5.74, 6) is -0.160. The van der Waals surface area contributed by atoms with Crippen molar-refractivity contribution in [2.45, 2.75) is 58.7 Å². The van der Waals surface area contributed by atoms with Crippen LogP contribution in [0, 0.1) is 24.2 Å². The number of aliphatic hydroxyl groups excluding tert-OH is 1. The number of pyridine rings is 2. The summed E-state index contributed by atoms with van der Waals surface area (Å²) in [6.07, 6.45) is 3.28. The average Bonchev–Trinajstić information content (AvgIpc) is 3.26. The zero-order valence-corrected chi connectivity index (χ0v) is 23.2. The molecule has 2 aromatic heterocycles. The number of rotatable bonds is 8. The zero-order valence-electron chi connectivity index (χ0n) is 23.2. The van der Waals surface area contributed by atoms with Gasteiger partial charge in [0.15, 0.2) is 0 Å². The molecule has 4 heterocycles. The van der Waals surface area contributed by atoms with Crippen molar-refractivity contribution >= 4 is 5.91 Å². The van der Waals surface area contributed by atoms with Crippen LogP contribution in [-0.4, -0.2) is 69.2 Å². The number of aryl methyl sites for hydroxylation is 1. The number of likely N-dealkylation sites (tertiary alicyclic amines) is 1. The van der Waals surface area contributed by atoms with Gasteiger partial charge < -0.3 is 14.7 Å². The highest BCUT2D eigenvalue weighted by Gasteiger charge is 2.30. The summed E-state index contributed by atoms with van der Waals surface area (Å²) in [6, 6.07) is 11.1. The maximum atomic E-state index is 13.9. The molecule has 40 heavy (non-hydrogen) atoms. The lowest BCUT2D eigenvalue weighted by molar-refractivity contribution is 0.0724. The van der Waals surface area contributed by atoms with Crippen molar-refractivity contribution in [3.63, 3.8) is 0 Å². The molecule has 3 aromatic rings. The molecule has 1 N–H and O–H groups in total. The topological polar surface area (TPSA) is 103 Å². The number of ether oxygens (including phenoxy) is 1. The van der Waals surface area contributed by atoms with E-state index in [-0.39, 0.29) is 18.1 Å². The smallest absolute Gasteiger partial charge is 0.254 e. The van der Waals surface area contributed by atoms with E-state index in [0.717, 1.165) is 41.8 Å². The number of fused-ring (bicyclic) bond motifs is 1. The second kappa shape index (κ2) is 11.7. The Morgan fingerprint density at radius 3 is 2.70 bits per heavy atom. The van der Waals surface area contributed by atoms with E-state index in [0.29, 0.717) is 60.8 Å². The number of benzene rings is 1. The summed E-state index contributed by atoms with van der Waals surface area (Å²) in [6.45, 7) is 8.51. The van der Waals surface area contributed by atoms with Gasteiger partial charge in [0, 0.05) is 54.8 Å². The molecule has 2 aliphatic heterocycles. The van der Waals surface area contributed by atoms with E-state index in [9.17, 15) is 19.6 Å². The molecule has 1 amide bonds. The number of carbonyl (C=O) groups excluding carboxylic acids is 1. The molecule has 1 aromatic carbocycles. The Bertz CT molecular complexity index is 1470. The standard InChI is InChI=1S/C31H34FN5O3/c1-4-40-29-15-23(34-17-22(29)16-33)18-37-11-8-25-26(24-5-6-30(32)35-19(24)2)13-21(14-27(25)31(37)39)7-10-36-12-9-28(38)20(36)3/h5-6,13-15,17,20,28,38H,4,7-12,18H2,1-3H3. The Labute approximate surface area is 234 Å². The minimum atomic E-state index is -0.531. The predicted molar refractivity (Wildman–Crippen MR) is 148 cm³/mol. The van der Waals surface area contributed by atoms with Gasteiger partial charge in [-0.2, -0.15) is 9.65 Å². The van der Waals surface area contributed by atoms with Crippen LogP contribution in [0.25, 0.3) is 11.1 Å². The fourth-order valence-electron chi connectivity index (χ4n) is 5.75. The molecule has 2 aliphatic rings. The van der Waals surface area contributed by atoms with Crippen LogP contribution in [0.4, 0.5) is 4.39 Å². The van der Waals surface area contributed by atoms with Gasteiger partial charge in [-0.3, -0.25) is 14.7 Å². The Morgan fingerprint density at radius 2 is 2.00 bits per heavy atom. The average molecular weight is 544 g/mol. The van der Waals surface area contributed by atoms with Crippen molar-refractivity contribution in [1.82, 2.24) is 19.8 Å². The van der Waals surface area contributed by atoms with Crippen LogP contribution >= 0.6 is 0 Å². The molecule has 2 unspecified atom stereocenters. The van der Waals surface area contributed by atoms with Gasteiger partial charge in [-0.05, 0) is 74.9 Å². The van der Waals surface area contributed by atoms with Crippen LogP contribution in [0.2, 0.25) is 0 Å². The van der Waals surface area contributed by atoms with Crippen LogP contribution in [0.1, 0.15) is 58.7 Å². The van der Waals surface area contributed by atoms with Crippen LogP contribution in [0.15, 0.2) is 36.5 Å². The maximum absolute atomic E-state index is 13.9. The number of hydrogen-bond acceptors (Lipinski definition) is 7. The monoisotopic (exact) mass is 543 g/mol. The maximum Gasteiger partial charge on any atom is 0.254 e. The molecule has 5 rings (SSSR count). The van der Waals surface area contributed by atoms with E-state index in [2.05, 4.69) is 27.0 Å². The fourth-order valence-corrected chi connectivity index (χ4v) is 5.75. The number of nitrogens with zero attached hydrogens (tertiary/aromatic N) is 5. The van der Waals surface area contributed by atoms with Crippen molar-refractivity contribution < 1.29 is 19.0 Å². The number of nitriles is 1. The third-order valence-electron chi connectivity index (χ3n) is 8.03. The molecule has 1 saturated heterocycles. The Morgan fingerprint density at radius 1 is 1.20 bits per heavy atom. The first-order valence-corrected chi connectivity index (χ1v) is 13.8. The highest BCUT2D eigenvalue weighted by atomic mass is 19.1. The molecule has 2 atom stereocenters.